The molecule has 0 saturated heterocycles. The Balaban J connectivity index is 2.03. The predicted octanol–water partition coefficient (Wildman–Crippen LogP) is 4.44. The van der Waals surface area contributed by atoms with Crippen LogP contribution in [0.4, 0.5) is 10.5 Å². The van der Waals surface area contributed by atoms with E-state index in [2.05, 4.69) is 12.2 Å². The Kier molecular flexibility index (Phi) is 5.38. The largest absolute Gasteiger partial charge is 0.322 e. The van der Waals surface area contributed by atoms with Crippen molar-refractivity contribution in [2.45, 2.75) is 26.8 Å². The zero-order chi connectivity index (χ0) is 15.1. The Labute approximate surface area is 126 Å². The molecule has 2 aromatic carbocycles. The molecule has 0 aliphatic carbocycles. The summed E-state index contributed by atoms with van der Waals surface area (Å²) in [5.74, 6) is 0. The first-order chi connectivity index (χ1) is 10.2. The van der Waals surface area contributed by atoms with Crippen LogP contribution in [0.25, 0.3) is 0 Å². The topological polar surface area (TPSA) is 32.3 Å². The Bertz CT molecular complexity index is 564. The number of amides is 2. The Morgan fingerprint density at radius 3 is 2.33 bits per heavy atom. The van der Waals surface area contributed by atoms with E-state index in [1.54, 1.807) is 0 Å². The van der Waals surface area contributed by atoms with E-state index in [0.717, 1.165) is 24.2 Å². The van der Waals surface area contributed by atoms with E-state index in [0.29, 0.717) is 6.54 Å². The highest BCUT2D eigenvalue weighted by molar-refractivity contribution is 5.89. The number of hydrogen-bond acceptors (Lipinski definition) is 1. The molecule has 0 aliphatic rings. The molecule has 21 heavy (non-hydrogen) atoms. The number of hydrogen-bond donors (Lipinski definition) is 1. The fourth-order valence-electron chi connectivity index (χ4n) is 2.17. The van der Waals surface area contributed by atoms with Crippen LogP contribution < -0.4 is 5.32 Å². The van der Waals surface area contributed by atoms with Crippen LogP contribution in [0.15, 0.2) is 54.6 Å². The molecular formula is C18H22N2O. The van der Waals surface area contributed by atoms with Crippen LogP contribution in [0.2, 0.25) is 0 Å². The minimum atomic E-state index is -0.0513. The first-order valence-electron chi connectivity index (χ1n) is 7.35. The average Bonchev–Trinajstić information content (AvgIpc) is 2.50. The SMILES string of the molecule is CCCN(Cc1ccccc1)C(=O)Nc1ccc(C)cc1. The molecule has 2 rings (SSSR count). The molecule has 110 valence electrons. The average molecular weight is 282 g/mol. The van der Waals surface area contributed by atoms with E-state index >= 15 is 0 Å². The minimum Gasteiger partial charge on any atom is -0.320 e. The fourth-order valence-corrected chi connectivity index (χ4v) is 2.17. The van der Waals surface area contributed by atoms with Gasteiger partial charge in [0.05, 0.1) is 0 Å². The summed E-state index contributed by atoms with van der Waals surface area (Å²) in [4.78, 5) is 14.2. The summed E-state index contributed by atoms with van der Waals surface area (Å²) in [6, 6.07) is 17.9. The van der Waals surface area contributed by atoms with Crippen LogP contribution in [0.3, 0.4) is 0 Å². The Morgan fingerprint density at radius 2 is 1.71 bits per heavy atom. The van der Waals surface area contributed by atoms with E-state index in [4.69, 9.17) is 0 Å². The third kappa shape index (κ3) is 4.63. The zero-order valence-corrected chi connectivity index (χ0v) is 12.7. The molecule has 2 amide bonds. The molecule has 0 fully saturated rings. The first kappa shape index (κ1) is 15.1. The lowest BCUT2D eigenvalue weighted by atomic mass is 10.2. The molecule has 2 aromatic rings. The number of carbonyl (C=O) groups excluding carboxylic acids is 1. The van der Waals surface area contributed by atoms with Crippen molar-refractivity contribution in [1.82, 2.24) is 4.90 Å². The van der Waals surface area contributed by atoms with Crippen molar-refractivity contribution in [3.63, 3.8) is 0 Å². The molecule has 1 N–H and O–H groups in total. The maximum atomic E-state index is 12.4. The van der Waals surface area contributed by atoms with Gasteiger partial charge in [0.1, 0.15) is 0 Å². The van der Waals surface area contributed by atoms with Gasteiger partial charge in [-0.1, -0.05) is 55.0 Å². The minimum absolute atomic E-state index is 0.0513. The summed E-state index contributed by atoms with van der Waals surface area (Å²) in [6.07, 6.45) is 0.939. The second kappa shape index (κ2) is 7.48. The quantitative estimate of drug-likeness (QED) is 0.864. The molecular weight excluding hydrogens is 260 g/mol. The van der Waals surface area contributed by atoms with Gasteiger partial charge in [0.15, 0.2) is 0 Å². The molecule has 0 aromatic heterocycles. The summed E-state index contributed by atoms with van der Waals surface area (Å²) in [6.45, 7) is 5.49. The van der Waals surface area contributed by atoms with Gasteiger partial charge in [0.2, 0.25) is 0 Å². The van der Waals surface area contributed by atoms with Crippen molar-refractivity contribution in [2.75, 3.05) is 11.9 Å². The summed E-state index contributed by atoms with van der Waals surface area (Å²) in [5.41, 5.74) is 3.16. The van der Waals surface area contributed by atoms with Crippen molar-refractivity contribution in [1.29, 1.82) is 0 Å². The third-order valence-corrected chi connectivity index (χ3v) is 3.30. The van der Waals surface area contributed by atoms with Gasteiger partial charge in [-0.3, -0.25) is 0 Å². The predicted molar refractivity (Wildman–Crippen MR) is 87.3 cm³/mol. The normalized spacial score (nSPS) is 10.2. The van der Waals surface area contributed by atoms with Gasteiger partial charge >= 0.3 is 6.03 Å². The van der Waals surface area contributed by atoms with Crippen molar-refractivity contribution in [3.8, 4) is 0 Å². The van der Waals surface area contributed by atoms with Crippen LogP contribution in [0.1, 0.15) is 24.5 Å². The van der Waals surface area contributed by atoms with E-state index in [-0.39, 0.29) is 6.03 Å². The molecule has 0 aliphatic heterocycles. The van der Waals surface area contributed by atoms with Crippen LogP contribution in [0, 0.1) is 6.92 Å². The molecule has 0 heterocycles. The number of nitrogens with one attached hydrogen (secondary N) is 1. The number of rotatable bonds is 5. The van der Waals surface area contributed by atoms with E-state index < -0.39 is 0 Å². The van der Waals surface area contributed by atoms with Gasteiger partial charge in [-0.15, -0.1) is 0 Å². The fraction of sp³-hybridized carbons (Fsp3) is 0.278. The lowest BCUT2D eigenvalue weighted by molar-refractivity contribution is 0.209. The van der Waals surface area contributed by atoms with Gasteiger partial charge in [-0.25, -0.2) is 4.79 Å². The zero-order valence-electron chi connectivity index (χ0n) is 12.7. The number of urea groups is 1. The molecule has 0 saturated carbocycles. The number of benzene rings is 2. The molecule has 0 spiro atoms. The first-order valence-corrected chi connectivity index (χ1v) is 7.35. The summed E-state index contributed by atoms with van der Waals surface area (Å²) < 4.78 is 0. The molecule has 0 bridgehead atoms. The highest BCUT2D eigenvalue weighted by Gasteiger charge is 2.13. The van der Waals surface area contributed by atoms with E-state index in [1.165, 1.54) is 5.56 Å². The number of nitrogens with zero attached hydrogens (tertiary/aromatic N) is 1. The number of anilines is 1. The third-order valence-electron chi connectivity index (χ3n) is 3.30. The maximum Gasteiger partial charge on any atom is 0.322 e. The van der Waals surface area contributed by atoms with Crippen LogP contribution >= 0.6 is 0 Å². The summed E-state index contributed by atoms with van der Waals surface area (Å²) in [7, 11) is 0. The molecule has 3 nitrogen and oxygen atoms in total. The van der Waals surface area contributed by atoms with Gasteiger partial charge in [0, 0.05) is 18.8 Å². The second-order valence-corrected chi connectivity index (χ2v) is 5.20. The van der Waals surface area contributed by atoms with Crippen molar-refractivity contribution < 1.29 is 4.79 Å². The lowest BCUT2D eigenvalue weighted by Gasteiger charge is -2.22. The molecule has 3 heteroatoms. The second-order valence-electron chi connectivity index (χ2n) is 5.20. The van der Waals surface area contributed by atoms with Crippen LogP contribution in [-0.4, -0.2) is 17.5 Å². The Hall–Kier alpha value is -2.29. The van der Waals surface area contributed by atoms with Crippen molar-refractivity contribution in [2.24, 2.45) is 0 Å². The van der Waals surface area contributed by atoms with Crippen LogP contribution in [-0.2, 0) is 6.54 Å². The van der Waals surface area contributed by atoms with Gasteiger partial charge in [0.25, 0.3) is 0 Å². The van der Waals surface area contributed by atoms with E-state index in [9.17, 15) is 4.79 Å². The standard InChI is InChI=1S/C18H22N2O/c1-3-13-20(14-16-7-5-4-6-8-16)18(21)19-17-11-9-15(2)10-12-17/h4-12H,3,13-14H2,1-2H3,(H,19,21). The Morgan fingerprint density at radius 1 is 1.05 bits per heavy atom. The summed E-state index contributed by atoms with van der Waals surface area (Å²) in [5, 5.41) is 2.96. The highest BCUT2D eigenvalue weighted by Crippen LogP contribution is 2.11. The monoisotopic (exact) mass is 282 g/mol. The van der Waals surface area contributed by atoms with Crippen molar-refractivity contribution in [3.05, 3.63) is 65.7 Å². The number of carbonyl (C=O) groups is 1. The summed E-state index contributed by atoms with van der Waals surface area (Å²) >= 11 is 0. The molecule has 0 radical (unpaired) electrons. The molecule has 0 unspecified atom stereocenters. The van der Waals surface area contributed by atoms with Crippen LogP contribution in [0.5, 0.6) is 0 Å². The van der Waals surface area contributed by atoms with Gasteiger partial charge < -0.3 is 10.2 Å². The smallest absolute Gasteiger partial charge is 0.320 e. The highest BCUT2D eigenvalue weighted by atomic mass is 16.2. The van der Waals surface area contributed by atoms with Crippen molar-refractivity contribution >= 4 is 11.7 Å². The number of aryl methyl sites for hydroxylation is 1. The lowest BCUT2D eigenvalue weighted by Crippen LogP contribution is -2.35. The molecule has 0 atom stereocenters. The maximum absolute atomic E-state index is 12.4. The van der Waals surface area contributed by atoms with Gasteiger partial charge in [-0.05, 0) is 31.0 Å². The van der Waals surface area contributed by atoms with Gasteiger partial charge in [-0.2, -0.15) is 0 Å². The van der Waals surface area contributed by atoms with E-state index in [1.807, 2.05) is 66.4 Å².